The Hall–Kier alpha value is -2.54. The molecule has 0 saturated heterocycles. The van der Waals surface area contributed by atoms with Crippen LogP contribution in [0.2, 0.25) is 0 Å². The van der Waals surface area contributed by atoms with Gasteiger partial charge in [-0.15, -0.1) is 0 Å². The van der Waals surface area contributed by atoms with E-state index in [-0.39, 0.29) is 17.3 Å². The number of amides is 1. The summed E-state index contributed by atoms with van der Waals surface area (Å²) in [5, 5.41) is 20.7. The van der Waals surface area contributed by atoms with Crippen LogP contribution in [-0.4, -0.2) is 34.9 Å². The Labute approximate surface area is 131 Å². The van der Waals surface area contributed by atoms with Crippen LogP contribution in [0.15, 0.2) is 52.3 Å². The standard InChI is InChI=1S/C15H14N2O4S/c1-16(2)15(19)11-9-10(18)7-8-13(11)22-14-6-4-3-5-12(14)17(20)21/h3-9,18H,1-2H3. The first kappa shape index (κ1) is 15.8. The molecule has 0 aliphatic carbocycles. The molecule has 0 radical (unpaired) electrons. The van der Waals surface area contributed by atoms with E-state index in [1.54, 1.807) is 38.4 Å². The van der Waals surface area contributed by atoms with Crippen LogP contribution in [0.1, 0.15) is 10.4 Å². The molecule has 114 valence electrons. The van der Waals surface area contributed by atoms with Crippen molar-refractivity contribution in [3.05, 3.63) is 58.1 Å². The molecule has 0 fully saturated rings. The van der Waals surface area contributed by atoms with Crippen molar-refractivity contribution in [1.29, 1.82) is 0 Å². The largest absolute Gasteiger partial charge is 0.508 e. The number of phenols is 1. The zero-order chi connectivity index (χ0) is 16.3. The van der Waals surface area contributed by atoms with Crippen LogP contribution in [0.25, 0.3) is 0 Å². The number of rotatable bonds is 4. The Balaban J connectivity index is 2.47. The summed E-state index contributed by atoms with van der Waals surface area (Å²) in [7, 11) is 3.21. The summed E-state index contributed by atoms with van der Waals surface area (Å²) in [4.78, 5) is 25.2. The average Bonchev–Trinajstić information content (AvgIpc) is 2.48. The second-order valence-electron chi connectivity index (χ2n) is 4.71. The van der Waals surface area contributed by atoms with Gasteiger partial charge in [-0.1, -0.05) is 23.9 Å². The quantitative estimate of drug-likeness (QED) is 0.691. The SMILES string of the molecule is CN(C)C(=O)c1cc(O)ccc1Sc1ccccc1[N+](=O)[O-]. The van der Waals surface area contributed by atoms with E-state index in [9.17, 15) is 20.0 Å². The van der Waals surface area contributed by atoms with Crippen LogP contribution in [0.3, 0.4) is 0 Å². The van der Waals surface area contributed by atoms with Gasteiger partial charge in [0.05, 0.1) is 15.4 Å². The molecule has 2 rings (SSSR count). The van der Waals surface area contributed by atoms with Crippen molar-refractivity contribution in [2.24, 2.45) is 0 Å². The molecule has 0 saturated carbocycles. The van der Waals surface area contributed by atoms with Gasteiger partial charge in [-0.25, -0.2) is 0 Å². The second-order valence-corrected chi connectivity index (χ2v) is 5.79. The second kappa shape index (κ2) is 6.48. The lowest BCUT2D eigenvalue weighted by molar-refractivity contribution is -0.387. The Kier molecular flexibility index (Phi) is 4.67. The minimum atomic E-state index is -0.462. The lowest BCUT2D eigenvalue weighted by Gasteiger charge is -2.14. The highest BCUT2D eigenvalue weighted by atomic mass is 32.2. The number of phenolic OH excluding ortho intramolecular Hbond substituents is 1. The van der Waals surface area contributed by atoms with Crippen molar-refractivity contribution in [1.82, 2.24) is 4.90 Å². The van der Waals surface area contributed by atoms with Gasteiger partial charge in [0.15, 0.2) is 0 Å². The van der Waals surface area contributed by atoms with E-state index in [1.807, 2.05) is 0 Å². The molecular formula is C15H14N2O4S. The predicted octanol–water partition coefficient (Wildman–Crippen LogP) is 3.15. The third-order valence-corrected chi connectivity index (χ3v) is 4.02. The third kappa shape index (κ3) is 3.37. The molecule has 7 heteroatoms. The van der Waals surface area contributed by atoms with Crippen molar-refractivity contribution in [2.75, 3.05) is 14.1 Å². The molecule has 0 atom stereocenters. The van der Waals surface area contributed by atoms with E-state index >= 15 is 0 Å². The third-order valence-electron chi connectivity index (χ3n) is 2.88. The highest BCUT2D eigenvalue weighted by Gasteiger charge is 2.19. The maximum absolute atomic E-state index is 12.2. The van der Waals surface area contributed by atoms with E-state index in [0.717, 1.165) is 11.8 Å². The highest BCUT2D eigenvalue weighted by molar-refractivity contribution is 7.99. The molecule has 0 heterocycles. The number of aromatic hydroxyl groups is 1. The first-order chi connectivity index (χ1) is 10.4. The Morgan fingerprint density at radius 2 is 1.86 bits per heavy atom. The van der Waals surface area contributed by atoms with Gasteiger partial charge in [-0.05, 0) is 24.3 Å². The number of carbonyl (C=O) groups excluding carboxylic acids is 1. The van der Waals surface area contributed by atoms with Crippen molar-refractivity contribution in [2.45, 2.75) is 9.79 Å². The fraction of sp³-hybridized carbons (Fsp3) is 0.133. The molecule has 0 spiro atoms. The van der Waals surface area contributed by atoms with E-state index in [4.69, 9.17) is 0 Å². The van der Waals surface area contributed by atoms with Gasteiger partial charge in [-0.3, -0.25) is 14.9 Å². The van der Waals surface area contributed by atoms with Crippen LogP contribution in [0.5, 0.6) is 5.75 Å². The van der Waals surface area contributed by atoms with Gasteiger partial charge in [0.2, 0.25) is 0 Å². The van der Waals surface area contributed by atoms with Gasteiger partial charge in [0.25, 0.3) is 11.6 Å². The van der Waals surface area contributed by atoms with Crippen LogP contribution >= 0.6 is 11.8 Å². The summed E-state index contributed by atoms with van der Waals surface area (Å²) < 4.78 is 0. The molecule has 0 unspecified atom stereocenters. The Morgan fingerprint density at radius 1 is 1.18 bits per heavy atom. The van der Waals surface area contributed by atoms with Crippen molar-refractivity contribution in [3.63, 3.8) is 0 Å². The molecular weight excluding hydrogens is 304 g/mol. The number of nitrogens with zero attached hydrogens (tertiary/aromatic N) is 2. The molecule has 22 heavy (non-hydrogen) atoms. The van der Waals surface area contributed by atoms with Crippen LogP contribution in [0, 0.1) is 10.1 Å². The topological polar surface area (TPSA) is 83.7 Å². The average molecular weight is 318 g/mol. The monoisotopic (exact) mass is 318 g/mol. The molecule has 2 aromatic carbocycles. The first-order valence-electron chi connectivity index (χ1n) is 6.36. The van der Waals surface area contributed by atoms with Crippen molar-refractivity contribution in [3.8, 4) is 5.75 Å². The first-order valence-corrected chi connectivity index (χ1v) is 7.17. The van der Waals surface area contributed by atoms with Gasteiger partial charge in [0, 0.05) is 25.1 Å². The maximum atomic E-state index is 12.2. The fourth-order valence-corrected chi connectivity index (χ4v) is 2.85. The van der Waals surface area contributed by atoms with E-state index < -0.39 is 4.92 Å². The molecule has 0 bridgehead atoms. The summed E-state index contributed by atoms with van der Waals surface area (Å²) in [6.07, 6.45) is 0. The predicted molar refractivity (Wildman–Crippen MR) is 83.3 cm³/mol. The molecule has 1 amide bonds. The number of nitro benzene ring substituents is 1. The van der Waals surface area contributed by atoms with Gasteiger partial charge in [0.1, 0.15) is 5.75 Å². The van der Waals surface area contributed by atoms with E-state index in [1.165, 1.54) is 23.1 Å². The summed E-state index contributed by atoms with van der Waals surface area (Å²) in [5.41, 5.74) is 0.275. The number of hydrogen-bond donors (Lipinski definition) is 1. The van der Waals surface area contributed by atoms with Gasteiger partial charge in [-0.2, -0.15) is 0 Å². The van der Waals surface area contributed by atoms with E-state index in [2.05, 4.69) is 0 Å². The smallest absolute Gasteiger partial charge is 0.283 e. The summed E-state index contributed by atoms with van der Waals surface area (Å²) in [5.74, 6) is -0.311. The molecule has 2 aromatic rings. The van der Waals surface area contributed by atoms with Crippen LogP contribution in [-0.2, 0) is 0 Å². The summed E-state index contributed by atoms with van der Waals surface area (Å²) in [6, 6.07) is 10.7. The zero-order valence-corrected chi connectivity index (χ0v) is 12.8. The van der Waals surface area contributed by atoms with Crippen molar-refractivity contribution < 1.29 is 14.8 Å². The zero-order valence-electron chi connectivity index (χ0n) is 12.0. The fourth-order valence-electron chi connectivity index (χ4n) is 1.83. The van der Waals surface area contributed by atoms with Crippen LogP contribution in [0.4, 0.5) is 5.69 Å². The van der Waals surface area contributed by atoms with E-state index in [0.29, 0.717) is 15.4 Å². The molecule has 6 nitrogen and oxygen atoms in total. The van der Waals surface area contributed by atoms with Gasteiger partial charge >= 0.3 is 0 Å². The highest BCUT2D eigenvalue weighted by Crippen LogP contribution is 2.37. The van der Waals surface area contributed by atoms with Gasteiger partial charge < -0.3 is 10.0 Å². The lowest BCUT2D eigenvalue weighted by atomic mass is 10.2. The number of hydrogen-bond acceptors (Lipinski definition) is 5. The van der Waals surface area contributed by atoms with Crippen molar-refractivity contribution >= 4 is 23.4 Å². The summed E-state index contributed by atoms with van der Waals surface area (Å²) >= 11 is 1.12. The normalized spacial score (nSPS) is 10.3. The maximum Gasteiger partial charge on any atom is 0.283 e. The molecule has 0 aliphatic rings. The number of benzene rings is 2. The Morgan fingerprint density at radius 3 is 2.50 bits per heavy atom. The number of para-hydroxylation sites is 1. The van der Waals surface area contributed by atoms with Crippen LogP contribution < -0.4 is 0 Å². The minimum Gasteiger partial charge on any atom is -0.508 e. The Bertz CT molecular complexity index is 731. The molecule has 0 aliphatic heterocycles. The number of carbonyl (C=O) groups is 1. The molecule has 0 aromatic heterocycles. The molecule has 1 N–H and O–H groups in total. The summed E-state index contributed by atoms with van der Waals surface area (Å²) in [6.45, 7) is 0. The lowest BCUT2D eigenvalue weighted by Crippen LogP contribution is -2.22. The minimum absolute atomic E-state index is 0.0242. The number of nitro groups is 1.